The molecule has 0 spiro atoms. The van der Waals surface area contributed by atoms with Gasteiger partial charge in [0.25, 0.3) is 0 Å². The fraction of sp³-hybridized carbons (Fsp3) is 0.438. The Morgan fingerprint density at radius 1 is 1.17 bits per heavy atom. The van der Waals surface area contributed by atoms with Crippen molar-refractivity contribution in [2.24, 2.45) is 0 Å². The van der Waals surface area contributed by atoms with Crippen LogP contribution in [0.5, 0.6) is 0 Å². The molecule has 0 atom stereocenters. The molecule has 0 amide bonds. The summed E-state index contributed by atoms with van der Waals surface area (Å²) in [6.07, 6.45) is 10.1. The Kier molecular flexibility index (Phi) is 4.19. The van der Waals surface area contributed by atoms with Crippen LogP contribution in [0.25, 0.3) is 0 Å². The third kappa shape index (κ3) is 3.00. The zero-order valence-corrected chi connectivity index (χ0v) is 10.6. The van der Waals surface area contributed by atoms with E-state index in [2.05, 4.69) is 24.3 Å². The zero-order valence-electron chi connectivity index (χ0n) is 10.6. The van der Waals surface area contributed by atoms with Crippen LogP contribution in [0.1, 0.15) is 44.1 Å². The summed E-state index contributed by atoms with van der Waals surface area (Å²) in [5.74, 6) is -0.853. The van der Waals surface area contributed by atoms with E-state index in [9.17, 15) is 4.79 Å². The molecule has 1 N–H and O–H groups in total. The first-order valence-electron chi connectivity index (χ1n) is 6.68. The molecule has 0 heterocycles. The second-order valence-corrected chi connectivity index (χ2v) is 5.15. The molecule has 2 rings (SSSR count). The van der Waals surface area contributed by atoms with Crippen LogP contribution in [-0.4, -0.2) is 11.1 Å². The number of hydrogen-bond acceptors (Lipinski definition) is 1. The highest BCUT2D eigenvalue weighted by Gasteiger charge is 2.32. The molecule has 1 saturated carbocycles. The fourth-order valence-corrected chi connectivity index (χ4v) is 3.02. The van der Waals surface area contributed by atoms with E-state index in [0.717, 1.165) is 6.42 Å². The molecule has 0 radical (unpaired) electrons. The lowest BCUT2D eigenvalue weighted by molar-refractivity contribution is -0.131. The molecule has 1 aromatic rings. The van der Waals surface area contributed by atoms with E-state index in [1.807, 2.05) is 12.1 Å². The van der Waals surface area contributed by atoms with Gasteiger partial charge < -0.3 is 5.11 Å². The number of carbonyl (C=O) groups is 1. The van der Waals surface area contributed by atoms with Crippen molar-refractivity contribution >= 4 is 5.97 Å². The summed E-state index contributed by atoms with van der Waals surface area (Å²) >= 11 is 0. The first-order valence-corrected chi connectivity index (χ1v) is 6.68. The number of aliphatic carboxylic acids is 1. The van der Waals surface area contributed by atoms with Crippen LogP contribution in [0, 0.1) is 0 Å². The van der Waals surface area contributed by atoms with E-state index in [1.54, 1.807) is 0 Å². The normalized spacial score (nSPS) is 18.9. The van der Waals surface area contributed by atoms with Gasteiger partial charge in [-0.2, -0.15) is 0 Å². The van der Waals surface area contributed by atoms with Crippen molar-refractivity contribution in [3.63, 3.8) is 0 Å². The lowest BCUT2D eigenvalue weighted by Gasteiger charge is -2.37. The molecule has 0 saturated heterocycles. The van der Waals surface area contributed by atoms with Crippen molar-refractivity contribution < 1.29 is 9.90 Å². The third-order valence-corrected chi connectivity index (χ3v) is 3.97. The quantitative estimate of drug-likeness (QED) is 0.815. The van der Waals surface area contributed by atoms with E-state index >= 15 is 0 Å². The van der Waals surface area contributed by atoms with Gasteiger partial charge in [0.15, 0.2) is 0 Å². The third-order valence-electron chi connectivity index (χ3n) is 3.97. The molecule has 18 heavy (non-hydrogen) atoms. The minimum atomic E-state index is -0.853. The van der Waals surface area contributed by atoms with E-state index in [0.29, 0.717) is 0 Å². The maximum absolute atomic E-state index is 10.6. The summed E-state index contributed by atoms with van der Waals surface area (Å²) in [6.45, 7) is 0. The van der Waals surface area contributed by atoms with E-state index < -0.39 is 5.97 Å². The van der Waals surface area contributed by atoms with Crippen LogP contribution >= 0.6 is 0 Å². The summed E-state index contributed by atoms with van der Waals surface area (Å²) in [5, 5.41) is 8.71. The largest absolute Gasteiger partial charge is 0.478 e. The molecule has 1 fully saturated rings. The van der Waals surface area contributed by atoms with Crippen LogP contribution in [-0.2, 0) is 10.2 Å². The average molecular weight is 244 g/mol. The highest BCUT2D eigenvalue weighted by atomic mass is 16.4. The lowest BCUT2D eigenvalue weighted by atomic mass is 9.67. The Labute approximate surface area is 108 Å². The summed E-state index contributed by atoms with van der Waals surface area (Å²) in [5.41, 5.74) is 1.52. The number of benzene rings is 1. The first kappa shape index (κ1) is 12.9. The smallest absolute Gasteiger partial charge is 0.327 e. The van der Waals surface area contributed by atoms with Crippen molar-refractivity contribution in [2.45, 2.75) is 43.9 Å². The van der Waals surface area contributed by atoms with Gasteiger partial charge in [-0.15, -0.1) is 0 Å². The minimum absolute atomic E-state index is 0.158. The van der Waals surface area contributed by atoms with Crippen molar-refractivity contribution in [3.8, 4) is 0 Å². The SMILES string of the molecule is O=C(O)/C=C/CC1(c2ccccc2)CCCCC1. The van der Waals surface area contributed by atoms with Crippen LogP contribution < -0.4 is 0 Å². The fourth-order valence-electron chi connectivity index (χ4n) is 3.02. The van der Waals surface area contributed by atoms with Gasteiger partial charge in [-0.05, 0) is 30.2 Å². The van der Waals surface area contributed by atoms with Crippen molar-refractivity contribution in [1.29, 1.82) is 0 Å². The van der Waals surface area contributed by atoms with Gasteiger partial charge in [-0.1, -0.05) is 55.7 Å². The Balaban J connectivity index is 2.20. The van der Waals surface area contributed by atoms with E-state index in [1.165, 1.54) is 43.7 Å². The molecule has 0 bridgehead atoms. The number of carboxylic acid groups (broad SMARTS) is 1. The molecule has 1 aliphatic carbocycles. The predicted molar refractivity (Wildman–Crippen MR) is 72.6 cm³/mol. The molecule has 1 aromatic carbocycles. The van der Waals surface area contributed by atoms with Gasteiger partial charge in [0.05, 0.1) is 0 Å². The molecule has 0 unspecified atom stereocenters. The number of hydrogen-bond donors (Lipinski definition) is 1. The van der Waals surface area contributed by atoms with Gasteiger partial charge in [-0.25, -0.2) is 4.79 Å². The number of allylic oxidation sites excluding steroid dienone is 1. The van der Waals surface area contributed by atoms with Crippen LogP contribution in [0.4, 0.5) is 0 Å². The summed E-state index contributed by atoms with van der Waals surface area (Å²) < 4.78 is 0. The topological polar surface area (TPSA) is 37.3 Å². The summed E-state index contributed by atoms with van der Waals surface area (Å²) in [4.78, 5) is 10.6. The molecule has 2 heteroatoms. The second-order valence-electron chi connectivity index (χ2n) is 5.15. The highest BCUT2D eigenvalue weighted by Crippen LogP contribution is 2.42. The van der Waals surface area contributed by atoms with Gasteiger partial charge in [0, 0.05) is 6.08 Å². The molecule has 0 aromatic heterocycles. The molecular weight excluding hydrogens is 224 g/mol. The van der Waals surface area contributed by atoms with Crippen LogP contribution in [0.15, 0.2) is 42.5 Å². The summed E-state index contributed by atoms with van der Waals surface area (Å²) in [6, 6.07) is 10.5. The molecule has 1 aliphatic rings. The van der Waals surface area contributed by atoms with Gasteiger partial charge >= 0.3 is 5.97 Å². The highest BCUT2D eigenvalue weighted by molar-refractivity contribution is 5.79. The average Bonchev–Trinajstić information content (AvgIpc) is 2.40. The van der Waals surface area contributed by atoms with Crippen molar-refractivity contribution in [1.82, 2.24) is 0 Å². The Morgan fingerprint density at radius 2 is 1.83 bits per heavy atom. The Bertz CT molecular complexity index is 414. The molecule has 96 valence electrons. The Morgan fingerprint density at radius 3 is 2.44 bits per heavy atom. The van der Waals surface area contributed by atoms with E-state index in [-0.39, 0.29) is 5.41 Å². The maximum Gasteiger partial charge on any atom is 0.327 e. The monoisotopic (exact) mass is 244 g/mol. The first-order chi connectivity index (χ1) is 8.73. The lowest BCUT2D eigenvalue weighted by Crippen LogP contribution is -2.28. The number of rotatable bonds is 4. The van der Waals surface area contributed by atoms with Gasteiger partial charge in [0.2, 0.25) is 0 Å². The number of carboxylic acids is 1. The van der Waals surface area contributed by atoms with E-state index in [4.69, 9.17) is 5.11 Å². The molecule has 2 nitrogen and oxygen atoms in total. The minimum Gasteiger partial charge on any atom is -0.478 e. The Hall–Kier alpha value is -1.57. The van der Waals surface area contributed by atoms with Crippen LogP contribution in [0.3, 0.4) is 0 Å². The second kappa shape index (κ2) is 5.85. The standard InChI is InChI=1S/C16H20O2/c17-15(18)10-7-13-16(11-5-2-6-12-16)14-8-3-1-4-9-14/h1,3-4,7-10H,2,5-6,11-13H2,(H,17,18)/b10-7+. The molecular formula is C16H20O2. The van der Waals surface area contributed by atoms with Crippen molar-refractivity contribution in [3.05, 3.63) is 48.0 Å². The van der Waals surface area contributed by atoms with Gasteiger partial charge in [-0.3, -0.25) is 0 Å². The van der Waals surface area contributed by atoms with Crippen molar-refractivity contribution in [2.75, 3.05) is 0 Å². The molecule has 0 aliphatic heterocycles. The predicted octanol–water partition coefficient (Wildman–Crippen LogP) is 3.92. The van der Waals surface area contributed by atoms with Crippen LogP contribution in [0.2, 0.25) is 0 Å². The van der Waals surface area contributed by atoms with Gasteiger partial charge in [0.1, 0.15) is 0 Å². The summed E-state index contributed by atoms with van der Waals surface area (Å²) in [7, 11) is 0. The zero-order chi connectivity index (χ0) is 12.8. The maximum atomic E-state index is 10.6.